The van der Waals surface area contributed by atoms with Crippen LogP contribution in [-0.2, 0) is 10.0 Å². The fourth-order valence-corrected chi connectivity index (χ4v) is 5.61. The minimum absolute atomic E-state index is 0.0224. The van der Waals surface area contributed by atoms with Gasteiger partial charge in [0.25, 0.3) is 10.0 Å². The second-order valence-electron chi connectivity index (χ2n) is 6.83. The average Bonchev–Trinajstić information content (AvgIpc) is 2.90. The van der Waals surface area contributed by atoms with Gasteiger partial charge in [0.1, 0.15) is 23.0 Å². The molecule has 3 aromatic rings. The molecule has 1 aromatic heterocycles. The molecule has 1 aliphatic heterocycles. The smallest absolute Gasteiger partial charge is 0.271 e. The van der Waals surface area contributed by atoms with Gasteiger partial charge in [-0.05, 0) is 43.7 Å². The molecule has 0 bridgehead atoms. The lowest BCUT2D eigenvalue weighted by molar-refractivity contribution is 0.325. The van der Waals surface area contributed by atoms with Gasteiger partial charge in [-0.2, -0.15) is 0 Å². The maximum Gasteiger partial charge on any atom is 0.271 e. The standard InChI is InChI=1S/C20H21ClN2O4S/c1-12-4-6-16(26-3)18(10-12)28(24,25)23-11-14(21)20-15(23)5-7-17-19(20)13(2)22-8-9-27-17/h4-7,10-11,13,22H,8-9H2,1-3H3. The Morgan fingerprint density at radius 3 is 2.82 bits per heavy atom. The van der Waals surface area contributed by atoms with Gasteiger partial charge in [0.15, 0.2) is 0 Å². The molecule has 4 rings (SSSR count). The number of aryl methyl sites for hydroxylation is 1. The maximum absolute atomic E-state index is 13.5. The van der Waals surface area contributed by atoms with E-state index in [0.29, 0.717) is 29.1 Å². The van der Waals surface area contributed by atoms with Gasteiger partial charge in [-0.3, -0.25) is 0 Å². The minimum Gasteiger partial charge on any atom is -0.495 e. The molecule has 8 heteroatoms. The number of fused-ring (bicyclic) bond motifs is 3. The molecule has 0 amide bonds. The van der Waals surface area contributed by atoms with E-state index in [1.54, 1.807) is 24.3 Å². The molecule has 0 saturated carbocycles. The van der Waals surface area contributed by atoms with Gasteiger partial charge in [-0.1, -0.05) is 17.7 Å². The first-order valence-corrected chi connectivity index (χ1v) is 10.8. The van der Waals surface area contributed by atoms with Crippen LogP contribution in [0.3, 0.4) is 0 Å². The number of rotatable bonds is 3. The minimum atomic E-state index is -3.92. The lowest BCUT2D eigenvalue weighted by Crippen LogP contribution is -2.20. The van der Waals surface area contributed by atoms with Gasteiger partial charge in [0.05, 0.1) is 17.6 Å². The highest BCUT2D eigenvalue weighted by Gasteiger charge is 2.28. The SMILES string of the molecule is COc1ccc(C)cc1S(=O)(=O)n1cc(Cl)c2c3c(ccc21)OCCNC3C. The summed E-state index contributed by atoms with van der Waals surface area (Å²) in [5.41, 5.74) is 2.19. The Labute approximate surface area is 169 Å². The molecular formula is C20H21ClN2O4S. The third kappa shape index (κ3) is 2.94. The molecule has 0 saturated heterocycles. The van der Waals surface area contributed by atoms with E-state index in [-0.39, 0.29) is 16.7 Å². The molecule has 0 fully saturated rings. The first kappa shape index (κ1) is 19.1. The highest BCUT2D eigenvalue weighted by molar-refractivity contribution is 7.90. The number of halogens is 1. The first-order chi connectivity index (χ1) is 13.3. The van der Waals surface area contributed by atoms with Crippen molar-refractivity contribution in [1.29, 1.82) is 0 Å². The summed E-state index contributed by atoms with van der Waals surface area (Å²) in [6, 6.07) is 8.58. The van der Waals surface area contributed by atoms with E-state index in [9.17, 15) is 8.42 Å². The van der Waals surface area contributed by atoms with Crippen molar-refractivity contribution in [3.63, 3.8) is 0 Å². The van der Waals surface area contributed by atoms with Crippen LogP contribution in [-0.4, -0.2) is 32.7 Å². The van der Waals surface area contributed by atoms with Crippen molar-refractivity contribution < 1.29 is 17.9 Å². The van der Waals surface area contributed by atoms with Crippen molar-refractivity contribution in [1.82, 2.24) is 9.29 Å². The summed E-state index contributed by atoms with van der Waals surface area (Å²) in [5.74, 6) is 1.01. The molecule has 2 heterocycles. The molecule has 0 aliphatic carbocycles. The molecule has 6 nitrogen and oxygen atoms in total. The highest BCUT2D eigenvalue weighted by atomic mass is 35.5. The summed E-state index contributed by atoms with van der Waals surface area (Å²) >= 11 is 6.53. The van der Waals surface area contributed by atoms with Crippen LogP contribution in [0.5, 0.6) is 11.5 Å². The third-order valence-electron chi connectivity index (χ3n) is 4.99. The number of hydrogen-bond donors (Lipinski definition) is 1. The molecule has 0 spiro atoms. The van der Waals surface area contributed by atoms with E-state index < -0.39 is 10.0 Å². The monoisotopic (exact) mass is 420 g/mol. The van der Waals surface area contributed by atoms with E-state index in [2.05, 4.69) is 5.32 Å². The lowest BCUT2D eigenvalue weighted by Gasteiger charge is -2.15. The number of aromatic nitrogens is 1. The molecule has 28 heavy (non-hydrogen) atoms. The zero-order valence-electron chi connectivity index (χ0n) is 15.8. The van der Waals surface area contributed by atoms with Crippen LogP contribution in [0.2, 0.25) is 5.02 Å². The van der Waals surface area contributed by atoms with Crippen molar-refractivity contribution in [3.05, 3.63) is 52.7 Å². The summed E-state index contributed by atoms with van der Waals surface area (Å²) < 4.78 is 39.3. The number of hydrogen-bond acceptors (Lipinski definition) is 5. The Bertz CT molecular complexity index is 1170. The number of nitrogens with one attached hydrogen (secondary N) is 1. The summed E-state index contributed by atoms with van der Waals surface area (Å²) in [6.45, 7) is 5.09. The van der Waals surface area contributed by atoms with Crippen LogP contribution in [0.4, 0.5) is 0 Å². The van der Waals surface area contributed by atoms with Crippen molar-refractivity contribution in [2.75, 3.05) is 20.3 Å². The highest BCUT2D eigenvalue weighted by Crippen LogP contribution is 2.41. The predicted molar refractivity (Wildman–Crippen MR) is 109 cm³/mol. The second kappa shape index (κ2) is 6.99. The predicted octanol–water partition coefficient (Wildman–Crippen LogP) is 3.89. The molecule has 0 radical (unpaired) electrons. The molecule has 1 N–H and O–H groups in total. The number of ether oxygens (including phenoxy) is 2. The Morgan fingerprint density at radius 2 is 2.07 bits per heavy atom. The summed E-state index contributed by atoms with van der Waals surface area (Å²) in [4.78, 5) is 0.0981. The van der Waals surface area contributed by atoms with Crippen molar-refractivity contribution in [3.8, 4) is 11.5 Å². The van der Waals surface area contributed by atoms with Crippen LogP contribution < -0.4 is 14.8 Å². The van der Waals surface area contributed by atoms with Crippen molar-refractivity contribution >= 4 is 32.5 Å². The van der Waals surface area contributed by atoms with Crippen LogP contribution in [0, 0.1) is 6.92 Å². The number of benzene rings is 2. The third-order valence-corrected chi connectivity index (χ3v) is 6.97. The molecule has 1 aliphatic rings. The number of methoxy groups -OCH3 is 1. The van der Waals surface area contributed by atoms with Crippen LogP contribution in [0.1, 0.15) is 24.1 Å². The largest absolute Gasteiger partial charge is 0.495 e. The van der Waals surface area contributed by atoms with Gasteiger partial charge in [-0.25, -0.2) is 12.4 Å². The molecule has 1 atom stereocenters. The van der Waals surface area contributed by atoms with Crippen LogP contribution in [0.25, 0.3) is 10.9 Å². The van der Waals surface area contributed by atoms with Crippen LogP contribution >= 0.6 is 11.6 Å². The van der Waals surface area contributed by atoms with Gasteiger partial charge < -0.3 is 14.8 Å². The molecule has 2 aromatic carbocycles. The molecular weight excluding hydrogens is 400 g/mol. The number of nitrogens with zero attached hydrogens (tertiary/aromatic N) is 1. The molecule has 1 unspecified atom stereocenters. The zero-order chi connectivity index (χ0) is 20.1. The quantitative estimate of drug-likeness (QED) is 0.696. The van der Waals surface area contributed by atoms with E-state index in [1.807, 2.05) is 19.9 Å². The topological polar surface area (TPSA) is 69.6 Å². The van der Waals surface area contributed by atoms with E-state index in [0.717, 1.165) is 16.9 Å². The Kier molecular flexibility index (Phi) is 4.77. The second-order valence-corrected chi connectivity index (χ2v) is 9.02. The van der Waals surface area contributed by atoms with E-state index >= 15 is 0 Å². The Morgan fingerprint density at radius 1 is 1.29 bits per heavy atom. The van der Waals surface area contributed by atoms with Gasteiger partial charge >= 0.3 is 0 Å². The van der Waals surface area contributed by atoms with Crippen LogP contribution in [0.15, 0.2) is 41.4 Å². The van der Waals surface area contributed by atoms with E-state index in [1.165, 1.54) is 17.3 Å². The van der Waals surface area contributed by atoms with Crippen molar-refractivity contribution in [2.24, 2.45) is 0 Å². The van der Waals surface area contributed by atoms with Gasteiger partial charge in [0.2, 0.25) is 0 Å². The zero-order valence-corrected chi connectivity index (χ0v) is 17.4. The first-order valence-electron chi connectivity index (χ1n) is 8.94. The lowest BCUT2D eigenvalue weighted by atomic mass is 10.0. The summed E-state index contributed by atoms with van der Waals surface area (Å²) in [7, 11) is -2.46. The van der Waals surface area contributed by atoms with Gasteiger partial charge in [0, 0.05) is 29.7 Å². The Balaban J connectivity index is 2.00. The summed E-state index contributed by atoms with van der Waals surface area (Å²) in [5, 5.41) is 4.40. The normalized spacial score (nSPS) is 17.1. The maximum atomic E-state index is 13.5. The Hall–Kier alpha value is -2.22. The van der Waals surface area contributed by atoms with E-state index in [4.69, 9.17) is 21.1 Å². The fraction of sp³-hybridized carbons (Fsp3) is 0.300. The summed E-state index contributed by atoms with van der Waals surface area (Å²) in [6.07, 6.45) is 1.45. The van der Waals surface area contributed by atoms with Gasteiger partial charge in [-0.15, -0.1) is 0 Å². The fourth-order valence-electron chi connectivity index (χ4n) is 3.65. The van der Waals surface area contributed by atoms with Crippen molar-refractivity contribution in [2.45, 2.75) is 24.8 Å². The molecule has 148 valence electrons. The average molecular weight is 421 g/mol.